The third kappa shape index (κ3) is 2.50. The van der Waals surface area contributed by atoms with Gasteiger partial charge in [0.05, 0.1) is 7.11 Å². The van der Waals surface area contributed by atoms with E-state index in [1.165, 1.54) is 7.11 Å². The van der Waals surface area contributed by atoms with Gasteiger partial charge in [0.15, 0.2) is 0 Å². The standard InChI is InChI=1S/C8H10NO3/c1-7-4-3-5-8(6-7)12-9(10)11-2/h3-6H,1-2H3/q-1. The number of hydrogen-bond donors (Lipinski definition) is 0. The molecule has 1 aromatic rings. The maximum atomic E-state index is 10.6. The predicted octanol–water partition coefficient (Wildman–Crippen LogP) is 1.65. The van der Waals surface area contributed by atoms with E-state index in [4.69, 9.17) is 4.84 Å². The van der Waals surface area contributed by atoms with Crippen LogP contribution in [0.5, 0.6) is 5.75 Å². The molecule has 0 heterocycles. The first-order chi connectivity index (χ1) is 5.72. The van der Waals surface area contributed by atoms with E-state index in [9.17, 15) is 5.21 Å². The summed E-state index contributed by atoms with van der Waals surface area (Å²) in [6, 6.07) is 7.13. The van der Waals surface area contributed by atoms with Crippen LogP contribution in [0.25, 0.3) is 0 Å². The second-order valence-electron chi connectivity index (χ2n) is 2.31. The smallest absolute Gasteiger partial charge is 0.149 e. The van der Waals surface area contributed by atoms with Gasteiger partial charge in [0, 0.05) is 0 Å². The van der Waals surface area contributed by atoms with Crippen LogP contribution in [0, 0.1) is 12.1 Å². The van der Waals surface area contributed by atoms with Crippen LogP contribution < -0.4 is 4.84 Å². The molecule has 0 saturated heterocycles. The van der Waals surface area contributed by atoms with Crippen molar-refractivity contribution in [3.8, 4) is 5.75 Å². The topological polar surface area (TPSA) is 44.8 Å². The first-order valence-corrected chi connectivity index (χ1v) is 3.48. The van der Waals surface area contributed by atoms with Crippen LogP contribution in [-0.4, -0.2) is 12.5 Å². The minimum atomic E-state index is 0.0504. The predicted molar refractivity (Wildman–Crippen MR) is 44.0 cm³/mol. The first-order valence-electron chi connectivity index (χ1n) is 3.48. The summed E-state index contributed by atoms with van der Waals surface area (Å²) in [7, 11) is 1.24. The zero-order chi connectivity index (χ0) is 8.97. The lowest BCUT2D eigenvalue weighted by Crippen LogP contribution is -2.18. The second-order valence-corrected chi connectivity index (χ2v) is 2.31. The summed E-state index contributed by atoms with van der Waals surface area (Å²) in [5.74, 6) is 0.465. The molecule has 0 aliphatic carbocycles. The molecular formula is C8H10NO3-. The fourth-order valence-electron chi connectivity index (χ4n) is 0.795. The molecule has 12 heavy (non-hydrogen) atoms. The van der Waals surface area contributed by atoms with Crippen LogP contribution >= 0.6 is 0 Å². The van der Waals surface area contributed by atoms with Crippen molar-refractivity contribution in [2.45, 2.75) is 6.92 Å². The molecule has 0 radical (unpaired) electrons. The number of rotatable bonds is 3. The molecule has 4 heteroatoms. The van der Waals surface area contributed by atoms with E-state index in [0.29, 0.717) is 5.75 Å². The Labute approximate surface area is 70.8 Å². The quantitative estimate of drug-likeness (QED) is 0.644. The molecule has 0 spiro atoms. The molecule has 0 saturated carbocycles. The van der Waals surface area contributed by atoms with E-state index in [1.54, 1.807) is 18.2 Å². The molecular weight excluding hydrogens is 158 g/mol. The van der Waals surface area contributed by atoms with Gasteiger partial charge in [0.2, 0.25) is 0 Å². The van der Waals surface area contributed by atoms with Gasteiger partial charge in [-0.1, -0.05) is 17.5 Å². The van der Waals surface area contributed by atoms with Crippen molar-refractivity contribution in [1.82, 2.24) is 5.39 Å². The molecule has 0 unspecified atom stereocenters. The van der Waals surface area contributed by atoms with Crippen LogP contribution in [0.15, 0.2) is 24.3 Å². The number of aryl methyl sites for hydroxylation is 1. The van der Waals surface area contributed by atoms with E-state index in [1.807, 2.05) is 13.0 Å². The minimum absolute atomic E-state index is 0.0504. The zero-order valence-electron chi connectivity index (χ0n) is 6.98. The van der Waals surface area contributed by atoms with Gasteiger partial charge >= 0.3 is 0 Å². The Kier molecular flexibility index (Phi) is 3.04. The normalized spacial score (nSPS) is 10.3. The van der Waals surface area contributed by atoms with Gasteiger partial charge in [-0.15, -0.1) is 0 Å². The Balaban J connectivity index is 2.63. The monoisotopic (exact) mass is 168 g/mol. The minimum Gasteiger partial charge on any atom is -0.728 e. The summed E-state index contributed by atoms with van der Waals surface area (Å²) < 4.78 is 0. The van der Waals surface area contributed by atoms with Crippen LogP contribution in [0.2, 0.25) is 0 Å². The molecule has 0 atom stereocenters. The second kappa shape index (κ2) is 4.06. The maximum Gasteiger partial charge on any atom is 0.149 e. The Morgan fingerprint density at radius 1 is 1.42 bits per heavy atom. The molecule has 0 aliphatic rings. The van der Waals surface area contributed by atoms with Gasteiger partial charge in [-0.2, -0.15) is 0 Å². The Bertz CT molecular complexity index is 252. The van der Waals surface area contributed by atoms with E-state index in [-0.39, 0.29) is 5.39 Å². The van der Waals surface area contributed by atoms with Crippen molar-refractivity contribution >= 4 is 0 Å². The number of nitrogens with zero attached hydrogens (tertiary/aromatic N) is 1. The number of hydrogen-bond acceptors (Lipinski definition) is 4. The molecule has 0 amide bonds. The highest BCUT2D eigenvalue weighted by Gasteiger charge is 1.94. The lowest BCUT2D eigenvalue weighted by molar-refractivity contribution is -0.265. The molecule has 0 fully saturated rings. The Morgan fingerprint density at radius 2 is 2.17 bits per heavy atom. The Morgan fingerprint density at radius 3 is 2.75 bits per heavy atom. The molecule has 1 rings (SSSR count). The lowest BCUT2D eigenvalue weighted by Gasteiger charge is -2.23. The summed E-state index contributed by atoms with van der Waals surface area (Å²) in [6.45, 7) is 1.91. The maximum absolute atomic E-state index is 10.6. The highest BCUT2D eigenvalue weighted by molar-refractivity contribution is 5.26. The molecule has 0 bridgehead atoms. The van der Waals surface area contributed by atoms with Crippen molar-refractivity contribution in [2.24, 2.45) is 0 Å². The molecule has 0 aromatic heterocycles. The summed E-state index contributed by atoms with van der Waals surface area (Å²) in [5.41, 5.74) is 1.03. The van der Waals surface area contributed by atoms with Gasteiger partial charge < -0.3 is 10.0 Å². The molecule has 66 valence electrons. The third-order valence-electron chi connectivity index (χ3n) is 1.32. The summed E-state index contributed by atoms with van der Waals surface area (Å²) in [6.07, 6.45) is 0. The van der Waals surface area contributed by atoms with E-state index < -0.39 is 0 Å². The average Bonchev–Trinajstić information content (AvgIpc) is 2.04. The van der Waals surface area contributed by atoms with Crippen LogP contribution in [-0.2, 0) is 4.84 Å². The lowest BCUT2D eigenvalue weighted by atomic mass is 10.2. The van der Waals surface area contributed by atoms with Crippen LogP contribution in [0.4, 0.5) is 0 Å². The highest BCUT2D eigenvalue weighted by Crippen LogP contribution is 2.13. The molecule has 1 aromatic carbocycles. The summed E-state index contributed by atoms with van der Waals surface area (Å²) >= 11 is 0. The van der Waals surface area contributed by atoms with Crippen molar-refractivity contribution in [3.63, 3.8) is 0 Å². The number of benzene rings is 1. The van der Waals surface area contributed by atoms with Crippen molar-refractivity contribution in [1.29, 1.82) is 0 Å². The van der Waals surface area contributed by atoms with E-state index in [0.717, 1.165) is 5.56 Å². The third-order valence-corrected chi connectivity index (χ3v) is 1.32. The van der Waals surface area contributed by atoms with Crippen LogP contribution in [0.3, 0.4) is 0 Å². The van der Waals surface area contributed by atoms with Gasteiger partial charge in [-0.25, -0.2) is 0 Å². The van der Waals surface area contributed by atoms with Crippen molar-refractivity contribution in [2.75, 3.05) is 7.11 Å². The zero-order valence-corrected chi connectivity index (χ0v) is 6.98. The SMILES string of the molecule is CON([O-])Oc1cccc(C)c1. The Hall–Kier alpha value is -1.10. The fraction of sp³-hybridized carbons (Fsp3) is 0.250. The summed E-state index contributed by atoms with van der Waals surface area (Å²) in [4.78, 5) is 8.95. The van der Waals surface area contributed by atoms with Gasteiger partial charge in [-0.3, -0.25) is 4.84 Å². The molecule has 4 nitrogen and oxygen atoms in total. The van der Waals surface area contributed by atoms with Gasteiger partial charge in [-0.05, 0) is 24.6 Å². The van der Waals surface area contributed by atoms with Crippen molar-refractivity contribution in [3.05, 3.63) is 35.0 Å². The van der Waals surface area contributed by atoms with Crippen molar-refractivity contribution < 1.29 is 9.68 Å². The van der Waals surface area contributed by atoms with Gasteiger partial charge in [0.1, 0.15) is 5.75 Å². The molecule has 0 aliphatic heterocycles. The largest absolute Gasteiger partial charge is 0.728 e. The summed E-state index contributed by atoms with van der Waals surface area (Å²) in [5, 5.41) is 10.6. The fourth-order valence-corrected chi connectivity index (χ4v) is 0.795. The first kappa shape index (κ1) is 8.99. The van der Waals surface area contributed by atoms with E-state index >= 15 is 0 Å². The highest BCUT2D eigenvalue weighted by atomic mass is 17.1. The molecule has 0 N–H and O–H groups in total. The van der Waals surface area contributed by atoms with Gasteiger partial charge in [0.25, 0.3) is 0 Å². The average molecular weight is 168 g/mol. The van der Waals surface area contributed by atoms with E-state index in [2.05, 4.69) is 4.84 Å². The van der Waals surface area contributed by atoms with Crippen LogP contribution in [0.1, 0.15) is 5.56 Å².